The van der Waals surface area contributed by atoms with E-state index >= 15 is 0 Å². The van der Waals surface area contributed by atoms with Gasteiger partial charge in [-0.2, -0.15) is 0 Å². The van der Waals surface area contributed by atoms with E-state index in [9.17, 15) is 14.4 Å². The van der Waals surface area contributed by atoms with Gasteiger partial charge in [0, 0.05) is 12.5 Å². The van der Waals surface area contributed by atoms with Gasteiger partial charge in [0.15, 0.2) is 0 Å². The average molecular weight is 292 g/mol. The van der Waals surface area contributed by atoms with E-state index in [2.05, 4.69) is 5.32 Å². The number of hydrogen-bond acceptors (Lipinski definition) is 4. The summed E-state index contributed by atoms with van der Waals surface area (Å²) in [6.45, 7) is 5.06. The summed E-state index contributed by atoms with van der Waals surface area (Å²) in [5.41, 5.74) is 5.67. The first-order valence-corrected chi connectivity index (χ1v) is 6.73. The van der Waals surface area contributed by atoms with Gasteiger partial charge in [-0.25, -0.2) is 0 Å². The lowest BCUT2D eigenvalue weighted by atomic mass is 9.98. The first kappa shape index (κ1) is 16.7. The van der Waals surface area contributed by atoms with Crippen LogP contribution in [0.25, 0.3) is 0 Å². The van der Waals surface area contributed by atoms with E-state index in [1.807, 2.05) is 13.8 Å². The summed E-state index contributed by atoms with van der Waals surface area (Å²) < 4.78 is 4.88. The van der Waals surface area contributed by atoms with Crippen LogP contribution in [0.2, 0.25) is 0 Å². The molecule has 0 aliphatic rings. The van der Waals surface area contributed by atoms with E-state index in [1.165, 1.54) is 31.2 Å². The Morgan fingerprint density at radius 3 is 2.24 bits per heavy atom. The number of primary amides is 1. The van der Waals surface area contributed by atoms with Crippen LogP contribution in [0, 0.1) is 5.92 Å². The molecule has 2 amide bonds. The van der Waals surface area contributed by atoms with E-state index in [4.69, 9.17) is 10.5 Å². The zero-order valence-corrected chi connectivity index (χ0v) is 12.4. The quantitative estimate of drug-likeness (QED) is 0.608. The van der Waals surface area contributed by atoms with Gasteiger partial charge in [-0.1, -0.05) is 20.3 Å². The van der Waals surface area contributed by atoms with Gasteiger partial charge in [-0.05, 0) is 30.2 Å². The molecule has 0 aromatic heterocycles. The van der Waals surface area contributed by atoms with Crippen LogP contribution >= 0.6 is 0 Å². The van der Waals surface area contributed by atoms with E-state index in [0.29, 0.717) is 11.3 Å². The van der Waals surface area contributed by atoms with Crippen molar-refractivity contribution in [2.24, 2.45) is 11.7 Å². The Labute approximate surface area is 123 Å². The SMILES string of the molecule is CC[C@H](C)[C@@H](NC(=O)c1ccc(OC(C)=O)cc1)C(N)=O. The molecule has 0 spiro atoms. The molecule has 1 rings (SSSR count). The van der Waals surface area contributed by atoms with Gasteiger partial charge in [0.25, 0.3) is 5.91 Å². The molecule has 0 saturated carbocycles. The molecule has 3 N–H and O–H groups in total. The van der Waals surface area contributed by atoms with Crippen LogP contribution in [-0.2, 0) is 9.59 Å². The molecule has 114 valence electrons. The molecule has 0 aliphatic heterocycles. The maximum atomic E-state index is 12.1. The third-order valence-electron chi connectivity index (χ3n) is 3.18. The summed E-state index contributed by atoms with van der Waals surface area (Å²) >= 11 is 0. The minimum Gasteiger partial charge on any atom is -0.427 e. The average Bonchev–Trinajstić information content (AvgIpc) is 2.43. The fraction of sp³-hybridized carbons (Fsp3) is 0.400. The monoisotopic (exact) mass is 292 g/mol. The van der Waals surface area contributed by atoms with Crippen LogP contribution in [0.4, 0.5) is 0 Å². The number of benzene rings is 1. The summed E-state index contributed by atoms with van der Waals surface area (Å²) in [7, 11) is 0. The van der Waals surface area contributed by atoms with Crippen LogP contribution in [0.1, 0.15) is 37.6 Å². The van der Waals surface area contributed by atoms with E-state index in [1.54, 1.807) is 0 Å². The standard InChI is InChI=1S/C15H20N2O4/c1-4-9(2)13(14(16)19)17-15(20)11-5-7-12(8-6-11)21-10(3)18/h5-9,13H,4H2,1-3H3,(H2,16,19)(H,17,20)/t9-,13+/m0/s1. The Morgan fingerprint density at radius 2 is 1.81 bits per heavy atom. The molecule has 1 aromatic carbocycles. The van der Waals surface area contributed by atoms with Crippen LogP contribution in [0.5, 0.6) is 5.75 Å². The molecule has 2 atom stereocenters. The zero-order valence-electron chi connectivity index (χ0n) is 12.4. The highest BCUT2D eigenvalue weighted by Crippen LogP contribution is 2.13. The molecule has 0 aliphatic carbocycles. The van der Waals surface area contributed by atoms with Crippen molar-refractivity contribution in [1.82, 2.24) is 5.32 Å². The van der Waals surface area contributed by atoms with E-state index in [0.717, 1.165) is 6.42 Å². The molecular formula is C15H20N2O4. The van der Waals surface area contributed by atoms with Gasteiger partial charge in [0.1, 0.15) is 11.8 Å². The Bertz CT molecular complexity index is 525. The second-order valence-corrected chi connectivity index (χ2v) is 4.86. The van der Waals surface area contributed by atoms with E-state index < -0.39 is 23.8 Å². The molecule has 21 heavy (non-hydrogen) atoms. The van der Waals surface area contributed by atoms with Crippen molar-refractivity contribution in [1.29, 1.82) is 0 Å². The Balaban J connectivity index is 2.78. The maximum absolute atomic E-state index is 12.1. The molecule has 0 heterocycles. The summed E-state index contributed by atoms with van der Waals surface area (Å²) in [6, 6.07) is 5.35. The van der Waals surface area contributed by atoms with Gasteiger partial charge in [0.2, 0.25) is 5.91 Å². The minimum absolute atomic E-state index is 0.0493. The fourth-order valence-corrected chi connectivity index (χ4v) is 1.79. The molecule has 6 nitrogen and oxygen atoms in total. The lowest BCUT2D eigenvalue weighted by Crippen LogP contribution is -2.48. The smallest absolute Gasteiger partial charge is 0.308 e. The third kappa shape index (κ3) is 4.91. The van der Waals surface area contributed by atoms with Crippen molar-refractivity contribution in [3.05, 3.63) is 29.8 Å². The first-order valence-electron chi connectivity index (χ1n) is 6.73. The van der Waals surface area contributed by atoms with Crippen LogP contribution in [0.15, 0.2) is 24.3 Å². The molecule has 1 aromatic rings. The fourth-order valence-electron chi connectivity index (χ4n) is 1.79. The number of rotatable bonds is 6. The minimum atomic E-state index is -0.712. The van der Waals surface area contributed by atoms with Gasteiger partial charge in [0.05, 0.1) is 0 Å². The number of esters is 1. The molecule has 6 heteroatoms. The van der Waals surface area contributed by atoms with Gasteiger partial charge < -0.3 is 15.8 Å². The van der Waals surface area contributed by atoms with Crippen LogP contribution in [-0.4, -0.2) is 23.8 Å². The predicted octanol–water partition coefficient (Wildman–Crippen LogP) is 1.24. The molecule has 0 fully saturated rings. The molecule has 0 saturated heterocycles. The number of nitrogens with one attached hydrogen (secondary N) is 1. The summed E-state index contributed by atoms with van der Waals surface area (Å²) in [4.78, 5) is 34.3. The third-order valence-corrected chi connectivity index (χ3v) is 3.18. The van der Waals surface area contributed by atoms with Crippen molar-refractivity contribution in [2.75, 3.05) is 0 Å². The first-order chi connectivity index (χ1) is 9.85. The lowest BCUT2D eigenvalue weighted by molar-refractivity contribution is -0.131. The van der Waals surface area contributed by atoms with Crippen molar-refractivity contribution in [3.63, 3.8) is 0 Å². The summed E-state index contributed by atoms with van der Waals surface area (Å²) in [5, 5.41) is 2.62. The van der Waals surface area contributed by atoms with Crippen molar-refractivity contribution >= 4 is 17.8 Å². The number of amides is 2. The highest BCUT2D eigenvalue weighted by atomic mass is 16.5. The number of carbonyl (C=O) groups is 3. The predicted molar refractivity (Wildman–Crippen MR) is 77.7 cm³/mol. The van der Waals surface area contributed by atoms with Crippen molar-refractivity contribution in [3.8, 4) is 5.75 Å². The molecule has 0 radical (unpaired) electrons. The molecule has 0 bridgehead atoms. The summed E-state index contributed by atoms with van der Waals surface area (Å²) in [5.74, 6) is -1.08. The van der Waals surface area contributed by atoms with Gasteiger partial charge in [-0.3, -0.25) is 14.4 Å². The van der Waals surface area contributed by atoms with E-state index in [-0.39, 0.29) is 5.92 Å². The van der Waals surface area contributed by atoms with Crippen molar-refractivity contribution < 1.29 is 19.1 Å². The van der Waals surface area contributed by atoms with Crippen molar-refractivity contribution in [2.45, 2.75) is 33.2 Å². The normalized spacial score (nSPS) is 13.1. The Morgan fingerprint density at radius 1 is 1.24 bits per heavy atom. The Hall–Kier alpha value is -2.37. The topological polar surface area (TPSA) is 98.5 Å². The van der Waals surface area contributed by atoms with Crippen LogP contribution < -0.4 is 15.8 Å². The molecular weight excluding hydrogens is 272 g/mol. The number of carbonyl (C=O) groups excluding carboxylic acids is 3. The lowest BCUT2D eigenvalue weighted by Gasteiger charge is -2.21. The van der Waals surface area contributed by atoms with Gasteiger partial charge >= 0.3 is 5.97 Å². The second kappa shape index (κ2) is 7.42. The zero-order chi connectivity index (χ0) is 16.0. The molecule has 0 unspecified atom stereocenters. The number of ether oxygens (including phenoxy) is 1. The highest BCUT2D eigenvalue weighted by molar-refractivity contribution is 5.97. The Kier molecular flexibility index (Phi) is 5.90. The van der Waals surface area contributed by atoms with Crippen LogP contribution in [0.3, 0.4) is 0 Å². The maximum Gasteiger partial charge on any atom is 0.308 e. The summed E-state index contributed by atoms with van der Waals surface area (Å²) in [6.07, 6.45) is 0.722. The second-order valence-electron chi connectivity index (χ2n) is 4.86. The number of hydrogen-bond donors (Lipinski definition) is 2. The largest absolute Gasteiger partial charge is 0.427 e. The van der Waals surface area contributed by atoms with Gasteiger partial charge in [-0.15, -0.1) is 0 Å². The highest BCUT2D eigenvalue weighted by Gasteiger charge is 2.24. The number of nitrogens with two attached hydrogens (primary N) is 1.